The third-order valence-electron chi connectivity index (χ3n) is 3.31. The molecule has 0 aliphatic carbocycles. The molecule has 0 unspecified atom stereocenters. The van der Waals surface area contributed by atoms with Crippen LogP contribution in [0.15, 0.2) is 78.9 Å². The summed E-state index contributed by atoms with van der Waals surface area (Å²) >= 11 is 0. The Hall–Kier alpha value is -2.69. The molecule has 134 valence electrons. The fourth-order valence-electron chi connectivity index (χ4n) is 2.08. The lowest BCUT2D eigenvalue weighted by Crippen LogP contribution is -2.06. The van der Waals surface area contributed by atoms with Crippen molar-refractivity contribution in [3.05, 3.63) is 96.1 Å². The molecule has 7 heteroatoms. The van der Waals surface area contributed by atoms with E-state index in [1.54, 1.807) is 60.7 Å². The Kier molecular flexibility index (Phi) is 5.66. The molecule has 0 aliphatic heterocycles. The molecule has 3 aromatic carbocycles. The first-order chi connectivity index (χ1) is 12.5. The fraction of sp³-hybridized carbons (Fsp3) is 0.0526. The van der Waals surface area contributed by atoms with E-state index in [1.807, 2.05) is 0 Å². The van der Waals surface area contributed by atoms with Crippen molar-refractivity contribution < 1.29 is 26.9 Å². The lowest BCUT2D eigenvalue weighted by Gasteiger charge is -2.19. The van der Waals surface area contributed by atoms with Crippen molar-refractivity contribution in [2.75, 3.05) is 0 Å². The summed E-state index contributed by atoms with van der Waals surface area (Å²) in [5.41, 5.74) is 0.0277. The molecule has 0 aliphatic rings. The van der Waals surface area contributed by atoms with Gasteiger partial charge in [0.25, 0.3) is 0 Å². The Balaban J connectivity index is 1.81. The van der Waals surface area contributed by atoms with E-state index in [0.29, 0.717) is 0 Å². The number of hydrogen-bond donors (Lipinski definition) is 0. The van der Waals surface area contributed by atoms with E-state index in [2.05, 4.69) is 0 Å². The minimum absolute atomic E-state index is 0.0277. The Morgan fingerprint density at radius 3 is 1.81 bits per heavy atom. The standard InChI is InChI=1S/C19H15F2O4P/c20-16-12-11-15(19(21)13-16)14-23-26(22,24-17-7-3-1-4-8-17)25-18-9-5-2-6-10-18/h1-13H,14H2. The summed E-state index contributed by atoms with van der Waals surface area (Å²) in [5, 5.41) is 0. The Labute approximate surface area is 149 Å². The predicted octanol–water partition coefficient (Wildman–Crippen LogP) is 5.75. The van der Waals surface area contributed by atoms with Gasteiger partial charge < -0.3 is 9.05 Å². The quantitative estimate of drug-likeness (QED) is 0.493. The third-order valence-corrected chi connectivity index (χ3v) is 4.63. The van der Waals surface area contributed by atoms with Gasteiger partial charge in [-0.25, -0.2) is 13.3 Å². The molecule has 0 fully saturated rings. The molecule has 0 spiro atoms. The maximum atomic E-state index is 13.8. The molecule has 3 rings (SSSR count). The van der Waals surface area contributed by atoms with E-state index in [-0.39, 0.29) is 17.1 Å². The topological polar surface area (TPSA) is 44.8 Å². The number of phosphoric ester groups is 1. The summed E-state index contributed by atoms with van der Waals surface area (Å²) in [5.74, 6) is -0.982. The molecule has 26 heavy (non-hydrogen) atoms. The Bertz CT molecular complexity index is 858. The van der Waals surface area contributed by atoms with Gasteiger partial charge in [0, 0.05) is 11.6 Å². The molecule has 0 atom stereocenters. The van der Waals surface area contributed by atoms with Gasteiger partial charge in [-0.3, -0.25) is 4.52 Å². The van der Waals surface area contributed by atoms with E-state index in [1.165, 1.54) is 6.07 Å². The van der Waals surface area contributed by atoms with Gasteiger partial charge in [0.05, 0.1) is 6.61 Å². The maximum Gasteiger partial charge on any atom is 0.587 e. The molecule has 3 aromatic rings. The van der Waals surface area contributed by atoms with Crippen LogP contribution in [-0.4, -0.2) is 0 Å². The van der Waals surface area contributed by atoms with E-state index in [0.717, 1.165) is 12.1 Å². The van der Waals surface area contributed by atoms with Crippen LogP contribution in [-0.2, 0) is 15.7 Å². The molecule has 0 amide bonds. The second-order valence-corrected chi connectivity index (χ2v) is 6.78. The molecule has 0 N–H and O–H groups in total. The smallest absolute Gasteiger partial charge is 0.395 e. The van der Waals surface area contributed by atoms with Crippen molar-refractivity contribution >= 4 is 7.82 Å². The minimum Gasteiger partial charge on any atom is -0.395 e. The number of para-hydroxylation sites is 2. The summed E-state index contributed by atoms with van der Waals surface area (Å²) in [6.45, 7) is -0.414. The van der Waals surface area contributed by atoms with Gasteiger partial charge in [0.15, 0.2) is 0 Å². The Morgan fingerprint density at radius 1 is 0.769 bits per heavy atom. The molecule has 0 heterocycles. The van der Waals surface area contributed by atoms with Crippen molar-refractivity contribution in [1.29, 1.82) is 0 Å². The second kappa shape index (κ2) is 8.13. The summed E-state index contributed by atoms with van der Waals surface area (Å²) in [7, 11) is -4.12. The van der Waals surface area contributed by atoms with Crippen molar-refractivity contribution in [2.45, 2.75) is 6.61 Å². The zero-order valence-corrected chi connectivity index (χ0v) is 14.4. The van der Waals surface area contributed by atoms with Crippen molar-refractivity contribution in [3.8, 4) is 11.5 Å². The molecular weight excluding hydrogens is 361 g/mol. The second-order valence-electron chi connectivity index (χ2n) is 5.27. The first-order valence-corrected chi connectivity index (χ1v) is 9.18. The van der Waals surface area contributed by atoms with Crippen LogP contribution >= 0.6 is 7.82 Å². The molecular formula is C19H15F2O4P. The lowest BCUT2D eigenvalue weighted by molar-refractivity contribution is 0.199. The number of hydrogen-bond acceptors (Lipinski definition) is 4. The van der Waals surface area contributed by atoms with Crippen LogP contribution in [0.2, 0.25) is 0 Å². The van der Waals surface area contributed by atoms with Crippen LogP contribution in [0.3, 0.4) is 0 Å². The highest BCUT2D eigenvalue weighted by molar-refractivity contribution is 7.49. The SMILES string of the molecule is O=P(OCc1ccc(F)cc1F)(Oc1ccccc1)Oc1ccccc1. The normalized spacial score (nSPS) is 11.2. The molecule has 0 bridgehead atoms. The largest absolute Gasteiger partial charge is 0.587 e. The first kappa shape index (κ1) is 18.1. The summed E-state index contributed by atoms with van der Waals surface area (Å²) in [6, 6.07) is 19.7. The zero-order valence-electron chi connectivity index (χ0n) is 13.5. The van der Waals surface area contributed by atoms with Crippen molar-refractivity contribution in [1.82, 2.24) is 0 Å². The number of rotatable bonds is 7. The first-order valence-electron chi connectivity index (χ1n) is 7.72. The predicted molar refractivity (Wildman–Crippen MR) is 92.9 cm³/mol. The van der Waals surface area contributed by atoms with Crippen LogP contribution in [0.5, 0.6) is 11.5 Å². The summed E-state index contributed by atoms with van der Waals surface area (Å²) < 4.78 is 55.9. The molecule has 0 saturated carbocycles. The van der Waals surface area contributed by atoms with Crippen LogP contribution < -0.4 is 9.05 Å². The fourth-order valence-corrected chi connectivity index (χ4v) is 3.28. The molecule has 0 saturated heterocycles. The molecule has 4 nitrogen and oxygen atoms in total. The average Bonchev–Trinajstić information content (AvgIpc) is 2.62. The van der Waals surface area contributed by atoms with E-state index in [4.69, 9.17) is 13.6 Å². The molecule has 0 aromatic heterocycles. The van der Waals surface area contributed by atoms with Crippen molar-refractivity contribution in [3.63, 3.8) is 0 Å². The van der Waals surface area contributed by atoms with Crippen molar-refractivity contribution in [2.24, 2.45) is 0 Å². The van der Waals surface area contributed by atoms with Gasteiger partial charge in [0.1, 0.15) is 23.1 Å². The van der Waals surface area contributed by atoms with Gasteiger partial charge in [-0.15, -0.1) is 0 Å². The monoisotopic (exact) mass is 376 g/mol. The number of halogens is 2. The van der Waals surface area contributed by atoms with E-state index in [9.17, 15) is 13.3 Å². The van der Waals surface area contributed by atoms with Crippen LogP contribution in [0.25, 0.3) is 0 Å². The number of phosphoric acid groups is 1. The summed E-state index contributed by atoms with van der Waals surface area (Å²) in [4.78, 5) is 0. The van der Waals surface area contributed by atoms with E-state index < -0.39 is 26.1 Å². The van der Waals surface area contributed by atoms with Crippen LogP contribution in [0.4, 0.5) is 8.78 Å². The highest BCUT2D eigenvalue weighted by Gasteiger charge is 2.31. The average molecular weight is 376 g/mol. The van der Waals surface area contributed by atoms with Crippen LogP contribution in [0, 0.1) is 11.6 Å². The minimum atomic E-state index is -4.12. The van der Waals surface area contributed by atoms with Crippen LogP contribution in [0.1, 0.15) is 5.56 Å². The van der Waals surface area contributed by atoms with Gasteiger partial charge in [-0.2, -0.15) is 0 Å². The van der Waals surface area contributed by atoms with Gasteiger partial charge in [-0.1, -0.05) is 42.5 Å². The molecule has 0 radical (unpaired) electrons. The highest BCUT2D eigenvalue weighted by Crippen LogP contribution is 2.50. The highest BCUT2D eigenvalue weighted by atomic mass is 31.2. The van der Waals surface area contributed by atoms with E-state index >= 15 is 0 Å². The summed E-state index contributed by atoms with van der Waals surface area (Å²) in [6.07, 6.45) is 0. The Morgan fingerprint density at radius 2 is 1.31 bits per heavy atom. The van der Waals surface area contributed by atoms with Gasteiger partial charge >= 0.3 is 7.82 Å². The third kappa shape index (κ3) is 4.91. The zero-order chi connectivity index (χ0) is 18.4. The maximum absolute atomic E-state index is 13.8. The van der Waals surface area contributed by atoms with Gasteiger partial charge in [0.2, 0.25) is 0 Å². The number of benzene rings is 3. The van der Waals surface area contributed by atoms with Gasteiger partial charge in [-0.05, 0) is 30.3 Å². The lowest BCUT2D eigenvalue weighted by atomic mass is 10.2.